The van der Waals surface area contributed by atoms with Crippen LogP contribution < -0.4 is 10.1 Å². The number of imidazole rings is 1. The zero-order chi connectivity index (χ0) is 15.2. The summed E-state index contributed by atoms with van der Waals surface area (Å²) in [6, 6.07) is 5.94. The molecule has 0 unspecified atom stereocenters. The Bertz CT molecular complexity index is 608. The van der Waals surface area contributed by atoms with Crippen LogP contribution in [0.1, 0.15) is 26.7 Å². The number of thioether (sulfide) groups is 1. The van der Waals surface area contributed by atoms with Crippen molar-refractivity contribution in [1.82, 2.24) is 15.3 Å². The lowest BCUT2D eigenvalue weighted by Crippen LogP contribution is -2.35. The van der Waals surface area contributed by atoms with Crippen LogP contribution in [0, 0.1) is 0 Å². The molecule has 2 N–H and O–H groups in total. The first kappa shape index (κ1) is 15.7. The fourth-order valence-corrected chi connectivity index (χ4v) is 2.75. The predicted octanol–water partition coefficient (Wildman–Crippen LogP) is 2.97. The molecule has 0 aliphatic heterocycles. The van der Waals surface area contributed by atoms with Crippen LogP contribution in [0.3, 0.4) is 0 Å². The number of fused-ring (bicyclic) bond motifs is 1. The average Bonchev–Trinajstić information content (AvgIpc) is 2.92. The Kier molecular flexibility index (Phi) is 5.50. The Morgan fingerprint density at radius 2 is 2.19 bits per heavy atom. The van der Waals surface area contributed by atoms with E-state index in [0.29, 0.717) is 5.75 Å². The minimum atomic E-state index is 0.0479. The van der Waals surface area contributed by atoms with Crippen LogP contribution in [0.2, 0.25) is 0 Å². The molecule has 1 aromatic carbocycles. The number of benzene rings is 1. The number of aromatic nitrogens is 2. The second-order valence-electron chi connectivity index (χ2n) is 4.79. The van der Waals surface area contributed by atoms with Crippen LogP contribution in [0.25, 0.3) is 11.0 Å². The molecule has 0 atom stereocenters. The Hall–Kier alpha value is -1.69. The molecule has 114 valence electrons. The van der Waals surface area contributed by atoms with Crippen molar-refractivity contribution >= 4 is 28.7 Å². The molecular formula is C15H21N3O2S. The van der Waals surface area contributed by atoms with Crippen LogP contribution in [-0.4, -0.2) is 34.8 Å². The number of H-pyrrole nitrogens is 1. The topological polar surface area (TPSA) is 67.0 Å². The number of methoxy groups -OCH3 is 1. The molecule has 0 saturated carbocycles. The van der Waals surface area contributed by atoms with Crippen molar-refractivity contribution in [2.45, 2.75) is 37.9 Å². The standard InChI is InChI=1S/C15H21N3O2S/c1-4-10(5-2)16-14(19)9-21-15-17-12-7-6-11(20-3)8-13(12)18-15/h6-8,10H,4-5,9H2,1-3H3,(H,16,19)(H,17,18). The summed E-state index contributed by atoms with van der Waals surface area (Å²) in [7, 11) is 1.63. The van der Waals surface area contributed by atoms with Gasteiger partial charge in [0.2, 0.25) is 5.91 Å². The summed E-state index contributed by atoms with van der Waals surface area (Å²) >= 11 is 1.41. The predicted molar refractivity (Wildman–Crippen MR) is 85.9 cm³/mol. The van der Waals surface area contributed by atoms with Crippen LogP contribution in [0.4, 0.5) is 0 Å². The Morgan fingerprint density at radius 3 is 2.86 bits per heavy atom. The van der Waals surface area contributed by atoms with Crippen molar-refractivity contribution in [3.63, 3.8) is 0 Å². The number of hydrogen-bond donors (Lipinski definition) is 2. The van der Waals surface area contributed by atoms with Gasteiger partial charge in [-0.3, -0.25) is 4.79 Å². The molecule has 5 nitrogen and oxygen atoms in total. The molecule has 0 bridgehead atoms. The minimum absolute atomic E-state index is 0.0479. The number of hydrogen-bond acceptors (Lipinski definition) is 4. The third-order valence-electron chi connectivity index (χ3n) is 3.36. The van der Waals surface area contributed by atoms with Gasteiger partial charge < -0.3 is 15.0 Å². The Morgan fingerprint density at radius 1 is 1.43 bits per heavy atom. The van der Waals surface area contributed by atoms with Crippen molar-refractivity contribution in [1.29, 1.82) is 0 Å². The van der Waals surface area contributed by atoms with E-state index in [1.165, 1.54) is 11.8 Å². The lowest BCUT2D eigenvalue weighted by molar-refractivity contribution is -0.119. The first-order chi connectivity index (χ1) is 10.2. The average molecular weight is 307 g/mol. The molecule has 1 aromatic heterocycles. The van der Waals surface area contributed by atoms with Crippen molar-refractivity contribution in [3.8, 4) is 5.75 Å². The van der Waals surface area contributed by atoms with E-state index in [9.17, 15) is 4.79 Å². The highest BCUT2D eigenvalue weighted by Gasteiger charge is 2.10. The van der Waals surface area contributed by atoms with E-state index in [1.54, 1.807) is 7.11 Å². The lowest BCUT2D eigenvalue weighted by atomic mass is 10.2. The molecule has 0 radical (unpaired) electrons. The van der Waals surface area contributed by atoms with Gasteiger partial charge in [-0.2, -0.15) is 0 Å². The monoisotopic (exact) mass is 307 g/mol. The molecule has 6 heteroatoms. The molecular weight excluding hydrogens is 286 g/mol. The molecule has 0 spiro atoms. The van der Waals surface area contributed by atoms with Gasteiger partial charge in [0.25, 0.3) is 0 Å². The summed E-state index contributed by atoms with van der Waals surface area (Å²) in [5, 5.41) is 3.77. The highest BCUT2D eigenvalue weighted by molar-refractivity contribution is 7.99. The van der Waals surface area contributed by atoms with Gasteiger partial charge in [0.1, 0.15) is 5.75 Å². The number of carbonyl (C=O) groups is 1. The smallest absolute Gasteiger partial charge is 0.230 e. The SMILES string of the molecule is CCC(CC)NC(=O)CSc1nc2ccc(OC)cc2[nH]1. The maximum atomic E-state index is 11.9. The number of ether oxygens (including phenoxy) is 1. The maximum Gasteiger partial charge on any atom is 0.230 e. The van der Waals surface area contributed by atoms with E-state index >= 15 is 0 Å². The van der Waals surface area contributed by atoms with Crippen molar-refractivity contribution in [2.24, 2.45) is 0 Å². The number of amides is 1. The van der Waals surface area contributed by atoms with E-state index in [1.807, 2.05) is 18.2 Å². The minimum Gasteiger partial charge on any atom is -0.497 e. The molecule has 1 heterocycles. The van der Waals surface area contributed by atoms with E-state index in [4.69, 9.17) is 4.74 Å². The largest absolute Gasteiger partial charge is 0.497 e. The maximum absolute atomic E-state index is 11.9. The van der Waals surface area contributed by atoms with Gasteiger partial charge in [-0.15, -0.1) is 0 Å². The van der Waals surface area contributed by atoms with Gasteiger partial charge in [-0.25, -0.2) is 4.98 Å². The van der Waals surface area contributed by atoms with Crippen LogP contribution in [0.5, 0.6) is 5.75 Å². The van der Waals surface area contributed by atoms with Crippen molar-refractivity contribution in [2.75, 3.05) is 12.9 Å². The summed E-state index contributed by atoms with van der Waals surface area (Å²) in [6.07, 6.45) is 1.91. The lowest BCUT2D eigenvalue weighted by Gasteiger charge is -2.13. The molecule has 1 amide bonds. The number of aromatic amines is 1. The number of nitrogens with one attached hydrogen (secondary N) is 2. The van der Waals surface area contributed by atoms with Crippen molar-refractivity contribution in [3.05, 3.63) is 18.2 Å². The van der Waals surface area contributed by atoms with Gasteiger partial charge in [0.15, 0.2) is 5.16 Å². The first-order valence-corrected chi connectivity index (χ1v) is 8.10. The van der Waals surface area contributed by atoms with Crippen LogP contribution >= 0.6 is 11.8 Å². The molecule has 2 aromatic rings. The Balaban J connectivity index is 1.95. The van der Waals surface area contributed by atoms with Crippen LogP contribution in [-0.2, 0) is 4.79 Å². The molecule has 0 fully saturated rings. The number of nitrogens with zero attached hydrogens (tertiary/aromatic N) is 1. The molecule has 2 rings (SSSR count). The summed E-state index contributed by atoms with van der Waals surface area (Å²) < 4.78 is 5.18. The number of carbonyl (C=O) groups excluding carboxylic acids is 1. The third kappa shape index (κ3) is 4.14. The van der Waals surface area contributed by atoms with Gasteiger partial charge in [0, 0.05) is 12.1 Å². The van der Waals surface area contributed by atoms with Crippen LogP contribution in [0.15, 0.2) is 23.4 Å². The van der Waals surface area contributed by atoms with E-state index in [-0.39, 0.29) is 11.9 Å². The second-order valence-corrected chi connectivity index (χ2v) is 5.76. The molecule has 0 aliphatic rings. The highest BCUT2D eigenvalue weighted by Crippen LogP contribution is 2.22. The van der Waals surface area contributed by atoms with E-state index in [0.717, 1.165) is 34.8 Å². The molecule has 0 aliphatic carbocycles. The van der Waals surface area contributed by atoms with E-state index in [2.05, 4.69) is 29.1 Å². The fraction of sp³-hybridized carbons (Fsp3) is 0.467. The van der Waals surface area contributed by atoms with Gasteiger partial charge >= 0.3 is 0 Å². The Labute approximate surface area is 128 Å². The third-order valence-corrected chi connectivity index (χ3v) is 4.23. The van der Waals surface area contributed by atoms with Gasteiger partial charge in [-0.1, -0.05) is 25.6 Å². The van der Waals surface area contributed by atoms with E-state index < -0.39 is 0 Å². The van der Waals surface area contributed by atoms with Gasteiger partial charge in [0.05, 0.1) is 23.9 Å². The zero-order valence-corrected chi connectivity index (χ0v) is 13.4. The summed E-state index contributed by atoms with van der Waals surface area (Å²) in [5.41, 5.74) is 1.79. The normalized spacial score (nSPS) is 11.0. The zero-order valence-electron chi connectivity index (χ0n) is 12.6. The summed E-state index contributed by atoms with van der Waals surface area (Å²) in [6.45, 7) is 4.16. The first-order valence-electron chi connectivity index (χ1n) is 7.12. The summed E-state index contributed by atoms with van der Waals surface area (Å²) in [4.78, 5) is 19.5. The van der Waals surface area contributed by atoms with Crippen molar-refractivity contribution < 1.29 is 9.53 Å². The molecule has 0 saturated heterocycles. The quantitative estimate of drug-likeness (QED) is 0.772. The van der Waals surface area contributed by atoms with Gasteiger partial charge in [-0.05, 0) is 25.0 Å². The summed E-state index contributed by atoms with van der Waals surface area (Å²) in [5.74, 6) is 1.20. The number of rotatable bonds is 7. The second kappa shape index (κ2) is 7.36. The fourth-order valence-electron chi connectivity index (χ4n) is 2.06. The highest BCUT2D eigenvalue weighted by atomic mass is 32.2. The molecule has 21 heavy (non-hydrogen) atoms.